The predicted molar refractivity (Wildman–Crippen MR) is 73.5 cm³/mol. The third-order valence-electron chi connectivity index (χ3n) is 4.64. The molecule has 1 saturated heterocycles. The van der Waals surface area contributed by atoms with Crippen molar-refractivity contribution in [3.05, 3.63) is 35.1 Å². The van der Waals surface area contributed by atoms with Crippen molar-refractivity contribution in [3.63, 3.8) is 0 Å². The van der Waals surface area contributed by atoms with Gasteiger partial charge in [0.15, 0.2) is 0 Å². The molecular weight excluding hydrogens is 316 g/mol. The molecule has 0 aromatic heterocycles. The van der Waals surface area contributed by atoms with E-state index in [4.69, 9.17) is 5.11 Å². The van der Waals surface area contributed by atoms with Gasteiger partial charge in [0, 0.05) is 24.7 Å². The summed E-state index contributed by atoms with van der Waals surface area (Å²) in [6.07, 6.45) is -3.70. The van der Waals surface area contributed by atoms with Gasteiger partial charge >= 0.3 is 12.3 Å². The van der Waals surface area contributed by atoms with Gasteiger partial charge in [0.05, 0.1) is 5.56 Å². The molecule has 1 aliphatic heterocycles. The Hall–Kier alpha value is -1.83. The molecular formula is C15H16F4N2O2. The molecule has 1 aromatic carbocycles. The lowest BCUT2D eigenvalue weighted by atomic mass is 9.99. The van der Waals surface area contributed by atoms with Gasteiger partial charge in [-0.2, -0.15) is 13.2 Å². The molecule has 1 atom stereocenters. The molecule has 2 fully saturated rings. The normalized spacial score (nSPS) is 22.6. The summed E-state index contributed by atoms with van der Waals surface area (Å²) in [6.45, 7) is 0.856. The van der Waals surface area contributed by atoms with Crippen molar-refractivity contribution < 1.29 is 27.5 Å². The fourth-order valence-electron chi connectivity index (χ4n) is 2.95. The first-order chi connectivity index (χ1) is 10.7. The van der Waals surface area contributed by atoms with Gasteiger partial charge in [0.25, 0.3) is 0 Å². The minimum absolute atomic E-state index is 0.160. The number of carbonyl (C=O) groups is 1. The van der Waals surface area contributed by atoms with E-state index in [0.29, 0.717) is 31.5 Å². The van der Waals surface area contributed by atoms with Crippen LogP contribution in [0.2, 0.25) is 0 Å². The second kappa shape index (κ2) is 5.36. The van der Waals surface area contributed by atoms with E-state index in [2.05, 4.69) is 5.32 Å². The molecule has 0 unspecified atom stereocenters. The fourth-order valence-corrected chi connectivity index (χ4v) is 2.95. The number of nitrogens with zero attached hydrogens (tertiary/aromatic N) is 1. The second-order valence-corrected chi connectivity index (χ2v) is 6.07. The Bertz CT molecular complexity index is 628. The van der Waals surface area contributed by atoms with Crippen molar-refractivity contribution >= 4 is 6.09 Å². The number of halogens is 4. The first-order valence-corrected chi connectivity index (χ1v) is 7.35. The SMILES string of the molecule is O=C(O)N1CC[C@H]1CNC1(c2ccc(F)c(C(F)(F)F)c2)CC1. The number of nitrogens with one attached hydrogen (secondary N) is 1. The molecule has 0 bridgehead atoms. The lowest BCUT2D eigenvalue weighted by molar-refractivity contribution is -0.140. The molecule has 3 rings (SSSR count). The molecule has 2 aliphatic rings. The van der Waals surface area contributed by atoms with Crippen LogP contribution in [-0.2, 0) is 11.7 Å². The van der Waals surface area contributed by atoms with Crippen LogP contribution in [0, 0.1) is 5.82 Å². The number of rotatable bonds is 4. The molecule has 2 N–H and O–H groups in total. The molecule has 126 valence electrons. The molecule has 1 aliphatic carbocycles. The van der Waals surface area contributed by atoms with Gasteiger partial charge in [-0.25, -0.2) is 9.18 Å². The van der Waals surface area contributed by atoms with E-state index >= 15 is 0 Å². The van der Waals surface area contributed by atoms with Crippen LogP contribution in [0.25, 0.3) is 0 Å². The summed E-state index contributed by atoms with van der Waals surface area (Å²) in [5.41, 5.74) is -1.47. The van der Waals surface area contributed by atoms with Gasteiger partial charge in [0.2, 0.25) is 0 Å². The molecule has 8 heteroatoms. The molecule has 1 aromatic rings. The lowest BCUT2D eigenvalue weighted by Gasteiger charge is -2.39. The lowest BCUT2D eigenvalue weighted by Crippen LogP contribution is -2.56. The first-order valence-electron chi connectivity index (χ1n) is 7.35. The summed E-state index contributed by atoms with van der Waals surface area (Å²) in [5, 5.41) is 12.1. The maximum absolute atomic E-state index is 13.4. The predicted octanol–water partition coefficient (Wildman–Crippen LogP) is 3.18. The van der Waals surface area contributed by atoms with Crippen LogP contribution in [0.1, 0.15) is 30.4 Å². The van der Waals surface area contributed by atoms with Crippen molar-refractivity contribution in [1.29, 1.82) is 0 Å². The monoisotopic (exact) mass is 332 g/mol. The van der Waals surface area contributed by atoms with E-state index in [1.807, 2.05) is 0 Å². The zero-order valence-electron chi connectivity index (χ0n) is 12.2. The van der Waals surface area contributed by atoms with Gasteiger partial charge in [-0.3, -0.25) is 0 Å². The van der Waals surface area contributed by atoms with E-state index in [0.717, 1.165) is 18.6 Å². The van der Waals surface area contributed by atoms with E-state index in [9.17, 15) is 22.4 Å². The Morgan fingerprint density at radius 2 is 2.09 bits per heavy atom. The zero-order chi connectivity index (χ0) is 16.8. The van der Waals surface area contributed by atoms with Crippen LogP contribution in [0.4, 0.5) is 22.4 Å². The number of amides is 1. The summed E-state index contributed by atoms with van der Waals surface area (Å²) < 4.78 is 51.8. The Morgan fingerprint density at radius 1 is 1.39 bits per heavy atom. The summed E-state index contributed by atoms with van der Waals surface area (Å²) in [4.78, 5) is 12.2. The van der Waals surface area contributed by atoms with Crippen LogP contribution >= 0.6 is 0 Å². The van der Waals surface area contributed by atoms with E-state index in [1.165, 1.54) is 11.0 Å². The van der Waals surface area contributed by atoms with Crippen molar-refractivity contribution in [1.82, 2.24) is 10.2 Å². The Kier molecular flexibility index (Phi) is 3.74. The Balaban J connectivity index is 1.72. The van der Waals surface area contributed by atoms with Gasteiger partial charge in [-0.1, -0.05) is 6.07 Å². The van der Waals surface area contributed by atoms with Crippen LogP contribution < -0.4 is 5.32 Å². The average molecular weight is 332 g/mol. The third-order valence-corrected chi connectivity index (χ3v) is 4.64. The van der Waals surface area contributed by atoms with Gasteiger partial charge in [-0.15, -0.1) is 0 Å². The minimum atomic E-state index is -4.73. The van der Waals surface area contributed by atoms with Crippen molar-refractivity contribution in [2.24, 2.45) is 0 Å². The second-order valence-electron chi connectivity index (χ2n) is 6.07. The van der Waals surface area contributed by atoms with Crippen LogP contribution in [0.5, 0.6) is 0 Å². The van der Waals surface area contributed by atoms with Crippen molar-refractivity contribution in [3.8, 4) is 0 Å². The summed E-state index contributed by atoms with van der Waals surface area (Å²) >= 11 is 0. The first kappa shape index (κ1) is 16.0. The molecule has 1 heterocycles. The molecule has 0 radical (unpaired) electrons. The highest BCUT2D eigenvalue weighted by atomic mass is 19.4. The van der Waals surface area contributed by atoms with Crippen molar-refractivity contribution in [2.75, 3.05) is 13.1 Å². The number of carboxylic acid groups (broad SMARTS) is 1. The topological polar surface area (TPSA) is 52.6 Å². The summed E-state index contributed by atoms with van der Waals surface area (Å²) in [7, 11) is 0. The van der Waals surface area contributed by atoms with Crippen LogP contribution in [0.3, 0.4) is 0 Å². The highest BCUT2D eigenvalue weighted by Crippen LogP contribution is 2.47. The average Bonchev–Trinajstić information content (AvgIpc) is 3.17. The van der Waals surface area contributed by atoms with E-state index in [1.54, 1.807) is 0 Å². The standard InChI is InChI=1S/C15H16F4N2O2/c16-12-2-1-9(7-11(12)15(17,18)19)14(4-5-14)20-8-10-3-6-21(10)13(22)23/h1-2,7,10,20H,3-6,8H2,(H,22,23)/t10-/m0/s1. The zero-order valence-corrected chi connectivity index (χ0v) is 12.2. The molecule has 1 amide bonds. The molecule has 0 spiro atoms. The van der Waals surface area contributed by atoms with E-state index < -0.39 is 29.2 Å². The van der Waals surface area contributed by atoms with E-state index in [-0.39, 0.29) is 6.04 Å². The van der Waals surface area contributed by atoms with Crippen LogP contribution in [0.15, 0.2) is 18.2 Å². The van der Waals surface area contributed by atoms with Crippen LogP contribution in [-0.4, -0.2) is 35.2 Å². The quantitative estimate of drug-likeness (QED) is 0.833. The van der Waals surface area contributed by atoms with Crippen molar-refractivity contribution in [2.45, 2.75) is 37.0 Å². The Morgan fingerprint density at radius 3 is 2.57 bits per heavy atom. The van der Waals surface area contributed by atoms with Gasteiger partial charge < -0.3 is 15.3 Å². The maximum atomic E-state index is 13.4. The maximum Gasteiger partial charge on any atom is 0.419 e. The third kappa shape index (κ3) is 2.99. The minimum Gasteiger partial charge on any atom is -0.465 e. The Labute approximate surface area is 130 Å². The fraction of sp³-hybridized carbons (Fsp3) is 0.533. The highest BCUT2D eigenvalue weighted by molar-refractivity contribution is 5.66. The molecule has 23 heavy (non-hydrogen) atoms. The number of likely N-dealkylation sites (tertiary alicyclic amines) is 1. The summed E-state index contributed by atoms with van der Waals surface area (Å²) in [5.74, 6) is -1.28. The smallest absolute Gasteiger partial charge is 0.419 e. The molecule has 1 saturated carbocycles. The highest BCUT2D eigenvalue weighted by Gasteiger charge is 2.46. The van der Waals surface area contributed by atoms with Gasteiger partial charge in [-0.05, 0) is 37.0 Å². The number of hydrogen-bond acceptors (Lipinski definition) is 2. The molecule has 4 nitrogen and oxygen atoms in total. The number of benzene rings is 1. The van der Waals surface area contributed by atoms with Gasteiger partial charge in [0.1, 0.15) is 5.82 Å². The number of alkyl halides is 3. The summed E-state index contributed by atoms with van der Waals surface area (Å²) in [6, 6.07) is 2.89. The number of hydrogen-bond donors (Lipinski definition) is 2. The largest absolute Gasteiger partial charge is 0.465 e.